The number of nitrogens with zero attached hydrogens (tertiary/aromatic N) is 3. The van der Waals surface area contributed by atoms with Crippen LogP contribution in [0.15, 0.2) is 48.8 Å². The Morgan fingerprint density at radius 3 is 2.75 bits per heavy atom. The summed E-state index contributed by atoms with van der Waals surface area (Å²) in [5, 5.41) is 7.41. The van der Waals surface area contributed by atoms with Crippen molar-refractivity contribution in [3.8, 4) is 0 Å². The molecule has 24 heavy (non-hydrogen) atoms. The third-order valence-corrected chi connectivity index (χ3v) is 4.49. The molecule has 0 saturated carbocycles. The Morgan fingerprint density at radius 1 is 1.33 bits per heavy atom. The summed E-state index contributed by atoms with van der Waals surface area (Å²) in [7, 11) is 1.86. The highest BCUT2D eigenvalue weighted by molar-refractivity contribution is 5.74. The predicted octanol–water partition coefficient (Wildman–Crippen LogP) is 2.44. The largest absolute Gasteiger partial charge is 0.381 e. The first-order chi connectivity index (χ1) is 11.7. The van der Waals surface area contributed by atoms with E-state index in [9.17, 15) is 4.79 Å². The van der Waals surface area contributed by atoms with E-state index in [0.717, 1.165) is 31.6 Å². The average Bonchev–Trinajstić information content (AvgIpc) is 3.15. The molecule has 0 spiro atoms. The number of hydrogen-bond acceptors (Lipinski definition) is 3. The Hall–Kier alpha value is -2.34. The second-order valence-corrected chi connectivity index (χ2v) is 6.10. The first-order valence-electron chi connectivity index (χ1n) is 8.37. The topological polar surface area (TPSA) is 59.4 Å². The number of carbonyl (C=O) groups is 1. The SMILES string of the molecule is CN(C(=O)N[C@H](Cn1cccn1)c1ccccc1)C1CCOCC1. The van der Waals surface area contributed by atoms with Crippen LogP contribution in [0.1, 0.15) is 24.4 Å². The number of aromatic nitrogens is 2. The number of nitrogens with one attached hydrogen (secondary N) is 1. The van der Waals surface area contributed by atoms with Crippen LogP contribution >= 0.6 is 0 Å². The first-order valence-corrected chi connectivity index (χ1v) is 8.37. The number of ether oxygens (including phenoxy) is 1. The van der Waals surface area contributed by atoms with E-state index in [4.69, 9.17) is 4.74 Å². The molecule has 1 aromatic heterocycles. The van der Waals surface area contributed by atoms with Gasteiger partial charge in [0, 0.05) is 38.7 Å². The summed E-state index contributed by atoms with van der Waals surface area (Å²) in [5.74, 6) is 0. The van der Waals surface area contributed by atoms with Gasteiger partial charge in [0.2, 0.25) is 0 Å². The van der Waals surface area contributed by atoms with Crippen LogP contribution in [0.25, 0.3) is 0 Å². The van der Waals surface area contributed by atoms with Crippen molar-refractivity contribution in [2.24, 2.45) is 0 Å². The number of carbonyl (C=O) groups excluding carboxylic acids is 1. The van der Waals surface area contributed by atoms with Crippen molar-refractivity contribution in [1.82, 2.24) is 20.0 Å². The number of benzene rings is 1. The normalized spacial score (nSPS) is 16.5. The van der Waals surface area contributed by atoms with Crippen LogP contribution in [0.4, 0.5) is 4.79 Å². The fourth-order valence-corrected chi connectivity index (χ4v) is 3.00. The highest BCUT2D eigenvalue weighted by Gasteiger charge is 2.24. The van der Waals surface area contributed by atoms with Gasteiger partial charge in [0.05, 0.1) is 12.6 Å². The Balaban J connectivity index is 1.69. The highest BCUT2D eigenvalue weighted by atomic mass is 16.5. The first kappa shape index (κ1) is 16.5. The van der Waals surface area contributed by atoms with E-state index in [2.05, 4.69) is 10.4 Å². The van der Waals surface area contributed by atoms with E-state index < -0.39 is 0 Å². The van der Waals surface area contributed by atoms with Gasteiger partial charge in [-0.1, -0.05) is 30.3 Å². The van der Waals surface area contributed by atoms with Crippen LogP contribution in [-0.2, 0) is 11.3 Å². The zero-order chi connectivity index (χ0) is 16.8. The van der Waals surface area contributed by atoms with E-state index in [1.54, 1.807) is 6.20 Å². The van der Waals surface area contributed by atoms with Gasteiger partial charge in [0.15, 0.2) is 0 Å². The summed E-state index contributed by atoms with van der Waals surface area (Å²) in [6.07, 6.45) is 5.43. The minimum Gasteiger partial charge on any atom is -0.381 e. The van der Waals surface area contributed by atoms with Gasteiger partial charge in [-0.3, -0.25) is 4.68 Å². The van der Waals surface area contributed by atoms with Crippen molar-refractivity contribution in [1.29, 1.82) is 0 Å². The molecule has 1 aliphatic heterocycles. The molecule has 1 aromatic carbocycles. The van der Waals surface area contributed by atoms with Gasteiger partial charge in [-0.25, -0.2) is 4.79 Å². The summed E-state index contributed by atoms with van der Waals surface area (Å²) >= 11 is 0. The fourth-order valence-electron chi connectivity index (χ4n) is 3.00. The second kappa shape index (κ2) is 7.97. The maximum absolute atomic E-state index is 12.7. The molecule has 0 bridgehead atoms. The summed E-state index contributed by atoms with van der Waals surface area (Å²) in [4.78, 5) is 14.5. The van der Waals surface area contributed by atoms with Crippen LogP contribution in [-0.4, -0.2) is 47.0 Å². The molecule has 6 nitrogen and oxygen atoms in total. The van der Waals surface area contributed by atoms with Gasteiger partial charge in [0.25, 0.3) is 0 Å². The Labute approximate surface area is 142 Å². The summed E-state index contributed by atoms with van der Waals surface area (Å²) < 4.78 is 7.22. The summed E-state index contributed by atoms with van der Waals surface area (Å²) in [5.41, 5.74) is 1.07. The molecule has 128 valence electrons. The summed E-state index contributed by atoms with van der Waals surface area (Å²) in [6, 6.07) is 12.0. The standard InChI is InChI=1S/C18H24N4O2/c1-21(16-8-12-24-13-9-16)18(23)20-17(14-22-11-5-10-19-22)15-6-3-2-4-7-15/h2-7,10-11,16-17H,8-9,12-14H2,1H3,(H,20,23)/t17-/m1/s1. The Morgan fingerprint density at radius 2 is 2.08 bits per heavy atom. The van der Waals surface area contributed by atoms with E-state index in [1.165, 1.54) is 0 Å². The molecule has 0 radical (unpaired) electrons. The quantitative estimate of drug-likeness (QED) is 0.917. The molecule has 1 N–H and O–H groups in total. The number of rotatable bonds is 5. The Kier molecular flexibility index (Phi) is 5.48. The lowest BCUT2D eigenvalue weighted by atomic mass is 10.1. The lowest BCUT2D eigenvalue weighted by Gasteiger charge is -2.32. The third kappa shape index (κ3) is 4.14. The molecule has 2 amide bonds. The highest BCUT2D eigenvalue weighted by Crippen LogP contribution is 2.17. The maximum atomic E-state index is 12.7. The van der Waals surface area contributed by atoms with Crippen molar-refractivity contribution < 1.29 is 9.53 Å². The zero-order valence-electron chi connectivity index (χ0n) is 14.0. The van der Waals surface area contributed by atoms with Gasteiger partial charge < -0.3 is 15.0 Å². The van der Waals surface area contributed by atoms with Crippen LogP contribution in [0.2, 0.25) is 0 Å². The van der Waals surface area contributed by atoms with Crippen molar-refractivity contribution >= 4 is 6.03 Å². The van der Waals surface area contributed by atoms with Crippen LogP contribution in [0.3, 0.4) is 0 Å². The third-order valence-electron chi connectivity index (χ3n) is 4.49. The van der Waals surface area contributed by atoms with E-state index in [-0.39, 0.29) is 18.1 Å². The summed E-state index contributed by atoms with van der Waals surface area (Å²) in [6.45, 7) is 2.04. The van der Waals surface area contributed by atoms with Crippen molar-refractivity contribution in [3.05, 3.63) is 54.4 Å². The maximum Gasteiger partial charge on any atom is 0.317 e. The molecule has 1 aliphatic rings. The second-order valence-electron chi connectivity index (χ2n) is 6.10. The van der Waals surface area contributed by atoms with E-state index >= 15 is 0 Å². The molecular weight excluding hydrogens is 304 g/mol. The van der Waals surface area contributed by atoms with Gasteiger partial charge in [-0.15, -0.1) is 0 Å². The molecule has 0 aliphatic carbocycles. The molecule has 1 saturated heterocycles. The predicted molar refractivity (Wildman–Crippen MR) is 91.5 cm³/mol. The molecule has 1 atom stereocenters. The zero-order valence-corrected chi connectivity index (χ0v) is 14.0. The minimum atomic E-state index is -0.124. The lowest BCUT2D eigenvalue weighted by Crippen LogP contribution is -2.47. The number of amides is 2. The van der Waals surface area contributed by atoms with Gasteiger partial charge in [-0.2, -0.15) is 5.10 Å². The molecule has 3 rings (SSSR count). The fraction of sp³-hybridized carbons (Fsp3) is 0.444. The van der Waals surface area contributed by atoms with Gasteiger partial charge in [-0.05, 0) is 24.5 Å². The average molecular weight is 328 g/mol. The van der Waals surface area contributed by atoms with Crippen LogP contribution in [0.5, 0.6) is 0 Å². The number of urea groups is 1. The Bertz CT molecular complexity index is 624. The molecular formula is C18H24N4O2. The number of hydrogen-bond donors (Lipinski definition) is 1. The molecule has 0 unspecified atom stereocenters. The van der Waals surface area contributed by atoms with Crippen LogP contribution < -0.4 is 5.32 Å². The molecule has 2 aromatic rings. The van der Waals surface area contributed by atoms with E-state index in [0.29, 0.717) is 6.54 Å². The monoisotopic (exact) mass is 328 g/mol. The van der Waals surface area contributed by atoms with Gasteiger partial charge in [0.1, 0.15) is 0 Å². The van der Waals surface area contributed by atoms with E-state index in [1.807, 2.05) is 59.2 Å². The van der Waals surface area contributed by atoms with Crippen molar-refractivity contribution in [2.75, 3.05) is 20.3 Å². The van der Waals surface area contributed by atoms with Crippen molar-refractivity contribution in [3.63, 3.8) is 0 Å². The molecule has 6 heteroatoms. The van der Waals surface area contributed by atoms with Crippen LogP contribution in [0, 0.1) is 0 Å². The lowest BCUT2D eigenvalue weighted by molar-refractivity contribution is 0.0521. The minimum absolute atomic E-state index is 0.0529. The smallest absolute Gasteiger partial charge is 0.317 e. The van der Waals surface area contributed by atoms with Crippen molar-refractivity contribution in [2.45, 2.75) is 31.5 Å². The van der Waals surface area contributed by atoms with Gasteiger partial charge >= 0.3 is 6.03 Å². The molecule has 1 fully saturated rings. The molecule has 2 heterocycles.